The van der Waals surface area contributed by atoms with Gasteiger partial charge in [0.2, 0.25) is 5.88 Å². The van der Waals surface area contributed by atoms with Crippen LogP contribution in [-0.4, -0.2) is 4.57 Å². The van der Waals surface area contributed by atoms with Gasteiger partial charge in [0.15, 0.2) is 0 Å². The van der Waals surface area contributed by atoms with Crippen molar-refractivity contribution < 1.29 is 4.74 Å². The van der Waals surface area contributed by atoms with E-state index in [4.69, 9.17) is 10.5 Å². The number of allylic oxidation sites excluding steroid dienone is 1. The van der Waals surface area contributed by atoms with E-state index >= 15 is 0 Å². The van der Waals surface area contributed by atoms with Crippen LogP contribution in [0.25, 0.3) is 16.6 Å². The summed E-state index contributed by atoms with van der Waals surface area (Å²) in [6.07, 6.45) is 0. The summed E-state index contributed by atoms with van der Waals surface area (Å²) in [5.41, 5.74) is 8.07. The van der Waals surface area contributed by atoms with Crippen molar-refractivity contribution in [2.45, 2.75) is 5.92 Å². The van der Waals surface area contributed by atoms with Crippen molar-refractivity contribution in [1.29, 1.82) is 5.26 Å². The van der Waals surface area contributed by atoms with Gasteiger partial charge in [0.25, 0.3) is 5.56 Å². The zero-order valence-electron chi connectivity index (χ0n) is 15.2. The van der Waals surface area contributed by atoms with Gasteiger partial charge in [0.05, 0.1) is 17.0 Å². The van der Waals surface area contributed by atoms with E-state index in [1.165, 1.54) is 11.3 Å². The van der Waals surface area contributed by atoms with Crippen LogP contribution in [0.2, 0.25) is 0 Å². The summed E-state index contributed by atoms with van der Waals surface area (Å²) in [4.78, 5) is 14.7. The number of aromatic nitrogens is 1. The molecule has 5 nitrogen and oxygen atoms in total. The molecule has 2 aromatic carbocycles. The quantitative estimate of drug-likeness (QED) is 0.548. The fourth-order valence-electron chi connectivity index (χ4n) is 3.84. The minimum atomic E-state index is -0.559. The Labute approximate surface area is 170 Å². The van der Waals surface area contributed by atoms with Gasteiger partial charge in [-0.1, -0.05) is 36.4 Å². The van der Waals surface area contributed by atoms with Crippen LogP contribution < -0.4 is 16.0 Å². The van der Waals surface area contributed by atoms with E-state index in [-0.39, 0.29) is 17.0 Å². The van der Waals surface area contributed by atoms with Crippen molar-refractivity contribution in [3.63, 3.8) is 0 Å². The number of hydrogen-bond acceptors (Lipinski definition) is 5. The predicted octanol–water partition coefficient (Wildman–Crippen LogP) is 4.27. The first-order valence-corrected chi connectivity index (χ1v) is 9.92. The van der Waals surface area contributed by atoms with Gasteiger partial charge in [-0.2, -0.15) is 5.26 Å². The number of nitrogens with zero attached hydrogens (tertiary/aromatic N) is 2. The summed E-state index contributed by atoms with van der Waals surface area (Å²) in [7, 11) is 0. The van der Waals surface area contributed by atoms with E-state index in [2.05, 4.69) is 6.07 Å². The topological polar surface area (TPSA) is 81.0 Å². The second kappa shape index (κ2) is 6.66. The highest BCUT2D eigenvalue weighted by atomic mass is 32.1. The molecule has 4 aromatic rings. The van der Waals surface area contributed by atoms with Crippen LogP contribution in [0.4, 0.5) is 0 Å². The molecule has 5 rings (SSSR count). The molecule has 2 N–H and O–H groups in total. The van der Waals surface area contributed by atoms with Crippen LogP contribution in [0.5, 0.6) is 5.75 Å². The number of ether oxygens (including phenoxy) is 1. The highest BCUT2D eigenvalue weighted by molar-refractivity contribution is 7.10. The molecular formula is C23H15N3O2S. The van der Waals surface area contributed by atoms with Gasteiger partial charge in [-0.05, 0) is 35.7 Å². The Balaban J connectivity index is 1.95. The first-order valence-electron chi connectivity index (χ1n) is 9.04. The Morgan fingerprint density at radius 1 is 1.03 bits per heavy atom. The Hall–Kier alpha value is -3.82. The lowest BCUT2D eigenvalue weighted by molar-refractivity contribution is 0.397. The lowest BCUT2D eigenvalue weighted by Gasteiger charge is -2.27. The number of fused-ring (bicyclic) bond motifs is 3. The van der Waals surface area contributed by atoms with Gasteiger partial charge in [-0.3, -0.25) is 9.36 Å². The standard InChI is InChI=1S/C23H15N3O2S/c24-13-16-19(18-11-6-12-29-18)20-21(28-22(16)25)15-9-4-5-10-17(15)26(23(20)27)14-7-2-1-3-8-14/h1-12,19H,25H2/t19-/m0/s1. The fourth-order valence-corrected chi connectivity index (χ4v) is 4.69. The highest BCUT2D eigenvalue weighted by Crippen LogP contribution is 2.44. The number of rotatable bonds is 2. The molecule has 6 heteroatoms. The van der Waals surface area contributed by atoms with Crippen LogP contribution >= 0.6 is 11.3 Å². The van der Waals surface area contributed by atoms with Gasteiger partial charge in [-0.25, -0.2) is 0 Å². The summed E-state index contributed by atoms with van der Waals surface area (Å²) in [5.74, 6) is -0.0936. The van der Waals surface area contributed by atoms with Crippen LogP contribution in [-0.2, 0) is 0 Å². The third-order valence-corrected chi connectivity index (χ3v) is 6.02. The SMILES string of the molecule is N#CC1=C(N)Oc2c(c(=O)n(-c3ccccc3)c3ccccc23)[C@@H]1c1cccs1. The molecule has 0 saturated heterocycles. The highest BCUT2D eigenvalue weighted by Gasteiger charge is 2.36. The van der Waals surface area contributed by atoms with E-state index in [0.717, 1.165) is 21.5 Å². The molecule has 2 aromatic heterocycles. The third-order valence-electron chi connectivity index (χ3n) is 5.09. The van der Waals surface area contributed by atoms with Gasteiger partial charge >= 0.3 is 0 Å². The molecule has 1 aliphatic rings. The average molecular weight is 397 g/mol. The van der Waals surface area contributed by atoms with E-state index in [9.17, 15) is 10.1 Å². The molecule has 1 atom stereocenters. The van der Waals surface area contributed by atoms with E-state index in [0.29, 0.717) is 11.3 Å². The summed E-state index contributed by atoms with van der Waals surface area (Å²) in [5, 5.41) is 12.5. The first-order chi connectivity index (χ1) is 14.2. The Kier molecular flexibility index (Phi) is 3.97. The van der Waals surface area contributed by atoms with E-state index in [1.807, 2.05) is 72.1 Å². The predicted molar refractivity (Wildman–Crippen MR) is 113 cm³/mol. The Bertz CT molecular complexity index is 1360. The molecule has 0 fully saturated rings. The fraction of sp³-hybridized carbons (Fsp3) is 0.0435. The van der Waals surface area contributed by atoms with Crippen LogP contribution in [0.3, 0.4) is 0 Å². The van der Waals surface area contributed by atoms with Gasteiger partial charge < -0.3 is 10.5 Å². The maximum Gasteiger partial charge on any atom is 0.263 e. The zero-order valence-corrected chi connectivity index (χ0v) is 16.0. The number of para-hydroxylation sites is 2. The number of hydrogen-bond donors (Lipinski definition) is 1. The van der Waals surface area contributed by atoms with Crippen molar-refractivity contribution in [1.82, 2.24) is 4.57 Å². The summed E-state index contributed by atoms with van der Waals surface area (Å²) in [6.45, 7) is 0. The second-order valence-electron chi connectivity index (χ2n) is 6.68. The lowest BCUT2D eigenvalue weighted by Crippen LogP contribution is -2.31. The van der Waals surface area contributed by atoms with Crippen LogP contribution in [0, 0.1) is 11.3 Å². The molecule has 0 amide bonds. The number of nitrogens with two attached hydrogens (primary N) is 1. The van der Waals surface area contributed by atoms with Crippen LogP contribution in [0.1, 0.15) is 16.4 Å². The summed E-state index contributed by atoms with van der Waals surface area (Å²) < 4.78 is 7.55. The molecule has 0 saturated carbocycles. The molecule has 1 aliphatic heterocycles. The first kappa shape index (κ1) is 17.3. The average Bonchev–Trinajstić information content (AvgIpc) is 3.28. The normalized spacial score (nSPS) is 15.6. The molecule has 0 bridgehead atoms. The molecule has 0 aliphatic carbocycles. The number of benzene rings is 2. The zero-order chi connectivity index (χ0) is 20.0. The number of pyridine rings is 1. The monoisotopic (exact) mass is 397 g/mol. The van der Waals surface area contributed by atoms with Crippen molar-refractivity contribution in [2.75, 3.05) is 0 Å². The molecule has 0 spiro atoms. The van der Waals surface area contributed by atoms with Gasteiger partial charge in [-0.15, -0.1) is 11.3 Å². The van der Waals surface area contributed by atoms with Crippen LogP contribution in [0.15, 0.2) is 88.4 Å². The van der Waals surface area contributed by atoms with Crippen molar-refractivity contribution in [3.05, 3.63) is 104 Å². The maximum absolute atomic E-state index is 13.8. The van der Waals surface area contributed by atoms with E-state index in [1.54, 1.807) is 4.57 Å². The maximum atomic E-state index is 13.8. The molecule has 140 valence electrons. The third kappa shape index (κ3) is 2.56. The minimum Gasteiger partial charge on any atom is -0.439 e. The lowest BCUT2D eigenvalue weighted by atomic mass is 9.87. The Morgan fingerprint density at radius 3 is 2.52 bits per heavy atom. The molecule has 0 radical (unpaired) electrons. The molecule has 3 heterocycles. The Morgan fingerprint density at radius 2 is 1.79 bits per heavy atom. The molecular weight excluding hydrogens is 382 g/mol. The largest absolute Gasteiger partial charge is 0.439 e. The number of thiophene rings is 1. The van der Waals surface area contributed by atoms with Gasteiger partial charge in [0.1, 0.15) is 17.4 Å². The van der Waals surface area contributed by atoms with Crippen molar-refractivity contribution in [2.24, 2.45) is 5.73 Å². The molecule has 0 unspecified atom stereocenters. The minimum absolute atomic E-state index is 0.0421. The second-order valence-corrected chi connectivity index (χ2v) is 7.66. The van der Waals surface area contributed by atoms with Gasteiger partial charge in [0, 0.05) is 16.0 Å². The van der Waals surface area contributed by atoms with Crippen molar-refractivity contribution in [3.8, 4) is 17.5 Å². The number of nitriles is 1. The smallest absolute Gasteiger partial charge is 0.263 e. The summed E-state index contributed by atoms with van der Waals surface area (Å²) >= 11 is 1.49. The van der Waals surface area contributed by atoms with E-state index < -0.39 is 5.92 Å². The molecule has 29 heavy (non-hydrogen) atoms. The van der Waals surface area contributed by atoms with Crippen molar-refractivity contribution >= 4 is 22.2 Å². The summed E-state index contributed by atoms with van der Waals surface area (Å²) in [6, 6.07) is 23.0.